The molecule has 0 aromatic heterocycles. The molecule has 1 aromatic rings. The predicted octanol–water partition coefficient (Wildman–Crippen LogP) is 2.30. The molecule has 0 radical (unpaired) electrons. The Morgan fingerprint density at radius 1 is 1.27 bits per heavy atom. The Balaban J connectivity index is 2.72. The van der Waals surface area contributed by atoms with E-state index in [0.29, 0.717) is 0 Å². The highest BCUT2D eigenvalue weighted by molar-refractivity contribution is 5.79. The number of nitrogens with one attached hydrogen (secondary N) is 1. The van der Waals surface area contributed by atoms with E-state index in [1.54, 1.807) is 0 Å². The molecule has 3 nitrogen and oxygen atoms in total. The Morgan fingerprint density at radius 2 is 1.87 bits per heavy atom. The third kappa shape index (κ3) is 3.27. The second-order valence-corrected chi connectivity index (χ2v) is 3.76. The second kappa shape index (κ2) is 5.39. The van der Waals surface area contributed by atoms with Crippen molar-refractivity contribution in [2.24, 2.45) is 5.92 Å². The van der Waals surface area contributed by atoms with E-state index in [-0.39, 0.29) is 17.9 Å². The van der Waals surface area contributed by atoms with Crippen molar-refractivity contribution in [2.75, 3.05) is 12.4 Å². The largest absolute Gasteiger partial charge is 0.467 e. The average Bonchev–Trinajstić information content (AvgIpc) is 2.26. The van der Waals surface area contributed by atoms with E-state index in [4.69, 9.17) is 4.74 Å². The lowest BCUT2D eigenvalue weighted by Gasteiger charge is -2.20. The number of hydrogen-bond acceptors (Lipinski definition) is 3. The fourth-order valence-corrected chi connectivity index (χ4v) is 1.34. The summed E-state index contributed by atoms with van der Waals surface area (Å²) in [4.78, 5) is 11.5. The third-order valence-electron chi connectivity index (χ3n) is 2.22. The van der Waals surface area contributed by atoms with Gasteiger partial charge in [-0.25, -0.2) is 4.79 Å². The first-order valence-electron chi connectivity index (χ1n) is 5.04. The van der Waals surface area contributed by atoms with Gasteiger partial charge in [-0.2, -0.15) is 0 Å². The molecule has 0 bridgehead atoms. The Kier molecular flexibility index (Phi) is 4.16. The zero-order valence-corrected chi connectivity index (χ0v) is 9.36. The number of rotatable bonds is 4. The number of para-hydroxylation sites is 1. The van der Waals surface area contributed by atoms with Crippen LogP contribution in [0.5, 0.6) is 0 Å². The van der Waals surface area contributed by atoms with Crippen LogP contribution in [0.15, 0.2) is 30.3 Å². The Bertz CT molecular complexity index is 309. The van der Waals surface area contributed by atoms with Gasteiger partial charge in [-0.3, -0.25) is 0 Å². The molecule has 0 aliphatic rings. The predicted molar refractivity (Wildman–Crippen MR) is 60.7 cm³/mol. The van der Waals surface area contributed by atoms with E-state index in [1.807, 2.05) is 44.2 Å². The van der Waals surface area contributed by atoms with Crippen molar-refractivity contribution >= 4 is 11.7 Å². The van der Waals surface area contributed by atoms with Gasteiger partial charge < -0.3 is 10.1 Å². The van der Waals surface area contributed by atoms with Crippen LogP contribution < -0.4 is 5.32 Å². The van der Waals surface area contributed by atoms with Crippen molar-refractivity contribution in [1.82, 2.24) is 0 Å². The van der Waals surface area contributed by atoms with Crippen molar-refractivity contribution in [1.29, 1.82) is 0 Å². The fraction of sp³-hybridized carbons (Fsp3) is 0.417. The zero-order chi connectivity index (χ0) is 11.3. The van der Waals surface area contributed by atoms with E-state index in [1.165, 1.54) is 7.11 Å². The number of methoxy groups -OCH3 is 1. The van der Waals surface area contributed by atoms with Crippen molar-refractivity contribution in [3.8, 4) is 0 Å². The smallest absolute Gasteiger partial charge is 0.328 e. The van der Waals surface area contributed by atoms with Gasteiger partial charge in [0.2, 0.25) is 0 Å². The van der Waals surface area contributed by atoms with E-state index in [9.17, 15) is 4.79 Å². The molecule has 0 amide bonds. The molecule has 15 heavy (non-hydrogen) atoms. The van der Waals surface area contributed by atoms with Gasteiger partial charge in [0.25, 0.3) is 0 Å². The van der Waals surface area contributed by atoms with Crippen LogP contribution >= 0.6 is 0 Å². The maximum atomic E-state index is 11.5. The quantitative estimate of drug-likeness (QED) is 0.770. The molecule has 1 N–H and O–H groups in total. The lowest BCUT2D eigenvalue weighted by Crippen LogP contribution is -2.35. The summed E-state index contributed by atoms with van der Waals surface area (Å²) < 4.78 is 4.74. The molecule has 1 rings (SSSR count). The van der Waals surface area contributed by atoms with Crippen molar-refractivity contribution < 1.29 is 9.53 Å². The molecular weight excluding hydrogens is 190 g/mol. The van der Waals surface area contributed by atoms with Gasteiger partial charge in [-0.1, -0.05) is 32.0 Å². The molecule has 1 atom stereocenters. The molecule has 0 fully saturated rings. The fourth-order valence-electron chi connectivity index (χ4n) is 1.34. The van der Waals surface area contributed by atoms with Gasteiger partial charge in [-0.05, 0) is 18.1 Å². The number of benzene rings is 1. The van der Waals surface area contributed by atoms with Gasteiger partial charge >= 0.3 is 5.97 Å². The molecule has 0 saturated heterocycles. The highest BCUT2D eigenvalue weighted by Gasteiger charge is 2.22. The van der Waals surface area contributed by atoms with Crippen LogP contribution in [0.25, 0.3) is 0 Å². The minimum atomic E-state index is -0.294. The van der Waals surface area contributed by atoms with Crippen LogP contribution in [0, 0.1) is 5.92 Å². The number of carbonyl (C=O) groups excluding carboxylic acids is 1. The van der Waals surface area contributed by atoms with Gasteiger partial charge in [0.15, 0.2) is 0 Å². The molecule has 0 heterocycles. The van der Waals surface area contributed by atoms with Crippen LogP contribution in [0.3, 0.4) is 0 Å². The lowest BCUT2D eigenvalue weighted by atomic mass is 10.0. The van der Waals surface area contributed by atoms with Crippen LogP contribution in [0.2, 0.25) is 0 Å². The van der Waals surface area contributed by atoms with Gasteiger partial charge in [0, 0.05) is 5.69 Å². The van der Waals surface area contributed by atoms with Crippen molar-refractivity contribution in [2.45, 2.75) is 19.9 Å². The highest BCUT2D eigenvalue weighted by atomic mass is 16.5. The normalized spacial score (nSPS) is 12.3. The van der Waals surface area contributed by atoms with Crippen LogP contribution in [0.1, 0.15) is 13.8 Å². The zero-order valence-electron chi connectivity index (χ0n) is 9.36. The number of ether oxygens (including phenoxy) is 1. The molecular formula is C12H17NO2. The molecule has 0 spiro atoms. The highest BCUT2D eigenvalue weighted by Crippen LogP contribution is 2.13. The summed E-state index contributed by atoms with van der Waals surface area (Å²) in [6, 6.07) is 9.36. The van der Waals surface area contributed by atoms with E-state index < -0.39 is 0 Å². The number of esters is 1. The molecule has 3 heteroatoms. The van der Waals surface area contributed by atoms with Crippen LogP contribution in [-0.2, 0) is 9.53 Å². The molecule has 0 aliphatic carbocycles. The topological polar surface area (TPSA) is 38.3 Å². The first-order chi connectivity index (χ1) is 7.15. The second-order valence-electron chi connectivity index (χ2n) is 3.76. The maximum absolute atomic E-state index is 11.5. The van der Waals surface area contributed by atoms with Crippen LogP contribution in [-0.4, -0.2) is 19.1 Å². The summed E-state index contributed by atoms with van der Waals surface area (Å²) in [6.07, 6.45) is 0. The minimum absolute atomic E-state index is 0.192. The Labute approximate surface area is 90.4 Å². The Hall–Kier alpha value is -1.51. The van der Waals surface area contributed by atoms with E-state index in [0.717, 1.165) is 5.69 Å². The monoisotopic (exact) mass is 207 g/mol. The van der Waals surface area contributed by atoms with Crippen LogP contribution in [0.4, 0.5) is 5.69 Å². The summed E-state index contributed by atoms with van der Waals surface area (Å²) in [5.41, 5.74) is 0.932. The molecule has 1 aromatic carbocycles. The number of anilines is 1. The van der Waals surface area contributed by atoms with Gasteiger partial charge in [-0.15, -0.1) is 0 Å². The minimum Gasteiger partial charge on any atom is -0.467 e. The lowest BCUT2D eigenvalue weighted by molar-refractivity contribution is -0.142. The number of carbonyl (C=O) groups is 1. The third-order valence-corrected chi connectivity index (χ3v) is 2.22. The molecule has 0 unspecified atom stereocenters. The van der Waals surface area contributed by atoms with Gasteiger partial charge in [0.05, 0.1) is 7.11 Å². The summed E-state index contributed by atoms with van der Waals surface area (Å²) in [5.74, 6) is -0.0356. The average molecular weight is 207 g/mol. The summed E-state index contributed by atoms with van der Waals surface area (Å²) in [7, 11) is 1.41. The Morgan fingerprint density at radius 3 is 2.33 bits per heavy atom. The molecule has 0 saturated carbocycles. The number of hydrogen-bond donors (Lipinski definition) is 1. The maximum Gasteiger partial charge on any atom is 0.328 e. The van der Waals surface area contributed by atoms with Gasteiger partial charge in [0.1, 0.15) is 6.04 Å². The first kappa shape index (κ1) is 11.6. The van der Waals surface area contributed by atoms with E-state index in [2.05, 4.69) is 5.32 Å². The first-order valence-corrected chi connectivity index (χ1v) is 5.04. The van der Waals surface area contributed by atoms with Crippen molar-refractivity contribution in [3.05, 3.63) is 30.3 Å². The summed E-state index contributed by atoms with van der Waals surface area (Å²) >= 11 is 0. The van der Waals surface area contributed by atoms with Crippen molar-refractivity contribution in [3.63, 3.8) is 0 Å². The summed E-state index contributed by atoms with van der Waals surface area (Å²) in [5, 5.41) is 3.15. The summed E-state index contributed by atoms with van der Waals surface area (Å²) in [6.45, 7) is 3.97. The molecule has 82 valence electrons. The van der Waals surface area contributed by atoms with E-state index >= 15 is 0 Å². The standard InChI is InChI=1S/C12H17NO2/c1-9(2)11(12(14)15-3)13-10-7-5-4-6-8-10/h4-9,11,13H,1-3H3/t11-/m0/s1. The SMILES string of the molecule is COC(=O)[C@@H](Nc1ccccc1)C(C)C. The molecule has 0 aliphatic heterocycles.